The third-order valence-corrected chi connectivity index (χ3v) is 7.11. The molecule has 0 aliphatic carbocycles. The number of sulfonamides is 1. The molecule has 0 spiro atoms. The van der Waals surface area contributed by atoms with Crippen LogP contribution in [0, 0.1) is 20.8 Å². The summed E-state index contributed by atoms with van der Waals surface area (Å²) in [6.07, 6.45) is -2.07. The number of benzene rings is 1. The van der Waals surface area contributed by atoms with Gasteiger partial charge in [-0.2, -0.15) is 23.3 Å². The summed E-state index contributed by atoms with van der Waals surface area (Å²) in [5, 5.41) is 6.79. The molecule has 0 saturated heterocycles. The topological polar surface area (TPSA) is 141 Å². The zero-order valence-electron chi connectivity index (χ0n) is 22.7. The molecule has 3 heterocycles. The highest BCUT2D eigenvalue weighted by Crippen LogP contribution is 2.33. The second kappa shape index (κ2) is 11.2. The van der Waals surface area contributed by atoms with Gasteiger partial charge in [0, 0.05) is 34.9 Å². The number of nitrogens with zero attached hydrogens (tertiary/aromatic N) is 5. The molecule has 15 heteroatoms. The van der Waals surface area contributed by atoms with Gasteiger partial charge in [0.1, 0.15) is 5.56 Å². The summed E-state index contributed by atoms with van der Waals surface area (Å²) in [5.41, 5.74) is 1.75. The second-order valence-corrected chi connectivity index (χ2v) is 11.1. The van der Waals surface area contributed by atoms with Gasteiger partial charge >= 0.3 is 6.18 Å². The van der Waals surface area contributed by atoms with Gasteiger partial charge in [0.05, 0.1) is 12.9 Å². The number of ether oxygens (including phenoxy) is 1. The van der Waals surface area contributed by atoms with Crippen molar-refractivity contribution in [2.75, 3.05) is 18.2 Å². The van der Waals surface area contributed by atoms with Gasteiger partial charge < -0.3 is 10.1 Å². The molecule has 0 fully saturated rings. The normalized spacial score (nSPS) is 11.8. The van der Waals surface area contributed by atoms with Gasteiger partial charge in [0.2, 0.25) is 21.9 Å². The molecule has 0 atom stereocenters. The number of hydrogen-bond acceptors (Lipinski definition) is 9. The highest BCUT2D eigenvalue weighted by atomic mass is 32.2. The Morgan fingerprint density at radius 2 is 1.71 bits per heavy atom. The van der Waals surface area contributed by atoms with E-state index < -0.39 is 27.8 Å². The number of rotatable bonds is 8. The Labute approximate surface area is 233 Å². The average Bonchev–Trinajstić information content (AvgIpc) is 3.29. The molecule has 1 amide bonds. The van der Waals surface area contributed by atoms with E-state index in [1.165, 1.54) is 39.4 Å². The summed E-state index contributed by atoms with van der Waals surface area (Å²) >= 11 is 0. The maximum Gasteiger partial charge on any atom is 0.435 e. The summed E-state index contributed by atoms with van der Waals surface area (Å²) in [7, 11) is -2.66. The van der Waals surface area contributed by atoms with E-state index in [1.54, 1.807) is 0 Å². The smallest absolute Gasteiger partial charge is 0.435 e. The number of alkyl halides is 3. The summed E-state index contributed by atoms with van der Waals surface area (Å²) < 4.78 is 72.6. The van der Waals surface area contributed by atoms with Gasteiger partial charge in [-0.25, -0.2) is 27.8 Å². The van der Waals surface area contributed by atoms with Crippen molar-refractivity contribution in [2.45, 2.75) is 33.9 Å². The van der Waals surface area contributed by atoms with Crippen molar-refractivity contribution in [1.29, 1.82) is 0 Å². The second-order valence-electron chi connectivity index (χ2n) is 9.13. The van der Waals surface area contributed by atoms with Crippen molar-refractivity contribution in [1.82, 2.24) is 29.5 Å². The van der Waals surface area contributed by atoms with Crippen molar-refractivity contribution in [3.8, 4) is 22.8 Å². The average molecular weight is 590 g/mol. The minimum atomic E-state index is -4.71. The molecular formula is C26H26F3N7O4S. The van der Waals surface area contributed by atoms with Crippen molar-refractivity contribution >= 4 is 27.6 Å². The fraction of sp³-hybridized carbons (Fsp3) is 0.269. The summed E-state index contributed by atoms with van der Waals surface area (Å²) in [6.45, 7) is 6.62. The van der Waals surface area contributed by atoms with E-state index in [0.29, 0.717) is 5.69 Å². The van der Waals surface area contributed by atoms with E-state index >= 15 is 0 Å². The van der Waals surface area contributed by atoms with E-state index in [-0.39, 0.29) is 45.8 Å². The van der Waals surface area contributed by atoms with Crippen LogP contribution in [0.4, 0.5) is 24.8 Å². The molecule has 2 N–H and O–H groups in total. The van der Waals surface area contributed by atoms with E-state index in [0.717, 1.165) is 21.9 Å². The molecular weight excluding hydrogens is 563 g/mol. The van der Waals surface area contributed by atoms with Crippen LogP contribution in [-0.4, -0.2) is 51.9 Å². The number of amides is 1. The van der Waals surface area contributed by atoms with Crippen LogP contribution in [0.2, 0.25) is 0 Å². The Bertz CT molecular complexity index is 1720. The molecule has 4 rings (SSSR count). The first-order chi connectivity index (χ1) is 19.2. The molecule has 0 radical (unpaired) electrons. The number of halogens is 3. The molecule has 1 aromatic carbocycles. The van der Waals surface area contributed by atoms with E-state index in [4.69, 9.17) is 4.74 Å². The third kappa shape index (κ3) is 6.62. The number of methoxy groups -OCH3 is 1. The predicted molar refractivity (Wildman–Crippen MR) is 145 cm³/mol. The minimum Gasteiger partial charge on any atom is -0.480 e. The molecule has 41 heavy (non-hydrogen) atoms. The van der Waals surface area contributed by atoms with Crippen LogP contribution in [0.3, 0.4) is 0 Å². The van der Waals surface area contributed by atoms with Crippen LogP contribution in [-0.2, 0) is 16.2 Å². The van der Waals surface area contributed by atoms with Gasteiger partial charge in [-0.15, -0.1) is 0 Å². The lowest BCUT2D eigenvalue weighted by atomic mass is 10.1. The molecule has 0 bridgehead atoms. The van der Waals surface area contributed by atoms with Crippen LogP contribution >= 0.6 is 0 Å². The number of hydrogen-bond donors (Lipinski definition) is 2. The Kier molecular flexibility index (Phi) is 8.01. The van der Waals surface area contributed by atoms with Gasteiger partial charge in [0.25, 0.3) is 5.91 Å². The van der Waals surface area contributed by atoms with Crippen LogP contribution in [0.5, 0.6) is 5.88 Å². The number of anilines is 2. The lowest BCUT2D eigenvalue weighted by Gasteiger charge is -2.15. The zero-order valence-corrected chi connectivity index (χ0v) is 23.5. The van der Waals surface area contributed by atoms with Crippen LogP contribution in [0.25, 0.3) is 16.9 Å². The maximum atomic E-state index is 13.5. The number of aromatic nitrogens is 5. The minimum absolute atomic E-state index is 0.0422. The third-order valence-electron chi connectivity index (χ3n) is 5.85. The zero-order chi connectivity index (χ0) is 30.1. The van der Waals surface area contributed by atoms with Crippen LogP contribution in [0.1, 0.15) is 39.8 Å². The Morgan fingerprint density at radius 1 is 1.02 bits per heavy atom. The number of aryl methyl sites for hydroxylation is 3. The molecule has 0 aliphatic rings. The molecule has 216 valence electrons. The number of pyridine rings is 1. The van der Waals surface area contributed by atoms with Crippen LogP contribution in [0.15, 0.2) is 42.7 Å². The fourth-order valence-electron chi connectivity index (χ4n) is 3.99. The largest absolute Gasteiger partial charge is 0.480 e. The molecule has 4 aromatic rings. The van der Waals surface area contributed by atoms with Gasteiger partial charge in [-0.3, -0.25) is 4.79 Å². The molecule has 0 unspecified atom stereocenters. The predicted octanol–water partition coefficient (Wildman–Crippen LogP) is 4.50. The first-order valence-corrected chi connectivity index (χ1v) is 13.8. The van der Waals surface area contributed by atoms with E-state index in [9.17, 15) is 26.4 Å². The summed E-state index contributed by atoms with van der Waals surface area (Å²) in [5.74, 6) is -1.47. The number of carbonyl (C=O) groups is 1. The van der Waals surface area contributed by atoms with E-state index in [1.807, 2.05) is 36.8 Å². The number of nitrogens with one attached hydrogen (secondary N) is 2. The Balaban J connectivity index is 1.89. The first-order valence-electron chi connectivity index (χ1n) is 12.2. The molecule has 0 saturated carbocycles. The lowest BCUT2D eigenvalue weighted by Crippen LogP contribution is -2.32. The van der Waals surface area contributed by atoms with Crippen molar-refractivity contribution < 1.29 is 31.1 Å². The Hall–Kier alpha value is -4.53. The van der Waals surface area contributed by atoms with Crippen molar-refractivity contribution in [3.05, 3.63) is 70.8 Å². The maximum absolute atomic E-state index is 13.5. The molecule has 11 nitrogen and oxygen atoms in total. The molecule has 3 aromatic heterocycles. The fourth-order valence-corrected chi connectivity index (χ4v) is 4.53. The highest BCUT2D eigenvalue weighted by Gasteiger charge is 2.35. The van der Waals surface area contributed by atoms with Crippen molar-refractivity contribution in [2.24, 2.45) is 0 Å². The number of carbonyl (C=O) groups excluding carboxylic acids is 1. The van der Waals surface area contributed by atoms with Gasteiger partial charge in [-0.05, 0) is 63.1 Å². The standard InChI is InChI=1S/C26H26F3N7O4S/c1-6-41(38,39)35-23(37)19-11-17(12-30-24(19)40-5)20-13-31-25(32-18-8-14(2)7-15(3)9-18)33-22(20)36-16(4)10-21(34-36)26(27,28)29/h7-13H,6H2,1-5H3,(H,35,37)(H,31,32,33). The summed E-state index contributed by atoms with van der Waals surface area (Å²) in [6, 6.07) is 7.85. The first kappa shape index (κ1) is 29.5. The Morgan fingerprint density at radius 3 is 2.29 bits per heavy atom. The SMILES string of the molecule is CCS(=O)(=O)NC(=O)c1cc(-c2cnc(Nc3cc(C)cc(C)c3)nc2-n2nc(C(F)(F)F)cc2C)cnc1OC. The van der Waals surface area contributed by atoms with Crippen molar-refractivity contribution in [3.63, 3.8) is 0 Å². The van der Waals surface area contributed by atoms with Crippen LogP contribution < -0.4 is 14.8 Å². The molecule has 0 aliphatic heterocycles. The lowest BCUT2D eigenvalue weighted by molar-refractivity contribution is -0.141. The summed E-state index contributed by atoms with van der Waals surface area (Å²) in [4.78, 5) is 25.7. The van der Waals surface area contributed by atoms with Gasteiger partial charge in [-0.1, -0.05) is 6.07 Å². The van der Waals surface area contributed by atoms with Gasteiger partial charge in [0.15, 0.2) is 11.5 Å². The van der Waals surface area contributed by atoms with E-state index in [2.05, 4.69) is 25.4 Å². The highest BCUT2D eigenvalue weighted by molar-refractivity contribution is 7.90. The quantitative estimate of drug-likeness (QED) is 0.304. The monoisotopic (exact) mass is 589 g/mol.